The number of ether oxygens (including phenoxy) is 3. The molecule has 0 bridgehead atoms. The molecule has 14 atom stereocenters. The van der Waals surface area contributed by atoms with E-state index in [1.165, 1.54) is 13.2 Å². The number of hydrogen-bond donors (Lipinski definition) is 6. The number of allylic oxidation sites excluding steroid dienone is 7. The van der Waals surface area contributed by atoms with Gasteiger partial charge in [-0.3, -0.25) is 4.79 Å². The molecule has 3 heterocycles. The van der Waals surface area contributed by atoms with Crippen LogP contribution in [0, 0.1) is 40.4 Å². The molecule has 2 aliphatic heterocycles. The Bertz CT molecular complexity index is 1830. The van der Waals surface area contributed by atoms with Crippen molar-refractivity contribution in [3.63, 3.8) is 0 Å². The molecule has 3 rings (SSSR count). The molecule has 1 aromatic heterocycles. The normalized spacial score (nSPS) is 27.6. The molecule has 14 heteroatoms. The average Bonchev–Trinajstić information content (AvgIpc) is 3.81. The number of likely N-dealkylation sites (N-methyl/N-ethyl adjacent to an activating group) is 1. The number of aromatic nitrogens is 1. The summed E-state index contributed by atoms with van der Waals surface area (Å²) in [6.07, 6.45) is 11.4. The highest BCUT2D eigenvalue weighted by Gasteiger charge is 2.60. The Morgan fingerprint density at radius 1 is 1.08 bits per heavy atom. The third kappa shape index (κ3) is 14.8. The smallest absolute Gasteiger partial charge is 0.251 e. The maximum absolute atomic E-state index is 12.6. The van der Waals surface area contributed by atoms with Crippen LogP contribution < -0.4 is 5.32 Å². The number of rotatable bonds is 23. The minimum atomic E-state index is -1.61. The zero-order valence-electron chi connectivity index (χ0n) is 40.7. The predicted octanol–water partition coefficient (Wildman–Crippen LogP) is 6.22. The van der Waals surface area contributed by atoms with Gasteiger partial charge in [-0.2, -0.15) is 5.26 Å². The number of nitriles is 1. The van der Waals surface area contributed by atoms with Gasteiger partial charge in [-0.25, -0.2) is 4.98 Å². The van der Waals surface area contributed by atoms with Gasteiger partial charge in [0, 0.05) is 55.2 Å². The van der Waals surface area contributed by atoms with Crippen molar-refractivity contribution in [2.75, 3.05) is 34.4 Å². The zero-order chi connectivity index (χ0) is 48.1. The van der Waals surface area contributed by atoms with Crippen molar-refractivity contribution in [1.29, 1.82) is 5.26 Å². The predicted molar refractivity (Wildman–Crippen MR) is 248 cm³/mol. The molecule has 64 heavy (non-hydrogen) atoms. The van der Waals surface area contributed by atoms with Crippen molar-refractivity contribution >= 4 is 12.0 Å². The Morgan fingerprint density at radius 2 is 1.77 bits per heavy atom. The Morgan fingerprint density at radius 3 is 2.41 bits per heavy atom. The van der Waals surface area contributed by atoms with Crippen LogP contribution in [0.2, 0.25) is 0 Å². The Hall–Kier alpha value is -3.49. The van der Waals surface area contributed by atoms with Gasteiger partial charge in [0.1, 0.15) is 18.1 Å². The summed E-state index contributed by atoms with van der Waals surface area (Å²) in [7, 11) is 4.97. The van der Waals surface area contributed by atoms with Crippen molar-refractivity contribution in [3.05, 3.63) is 71.0 Å². The van der Waals surface area contributed by atoms with Gasteiger partial charge in [0.2, 0.25) is 0 Å². The third-order valence-electron chi connectivity index (χ3n) is 13.6. The molecule has 0 aliphatic carbocycles. The van der Waals surface area contributed by atoms with E-state index in [9.17, 15) is 30.3 Å². The zero-order valence-corrected chi connectivity index (χ0v) is 40.7. The number of hydrogen-bond acceptors (Lipinski definition) is 13. The minimum Gasteiger partial charge on any atom is -0.448 e. The fourth-order valence-electron chi connectivity index (χ4n) is 8.66. The molecule has 6 N–H and O–H groups in total. The number of carbonyl (C=O) groups is 1. The molecule has 2 aliphatic rings. The van der Waals surface area contributed by atoms with Crippen LogP contribution in [-0.2, 0) is 19.0 Å². The Labute approximate surface area is 382 Å². The maximum atomic E-state index is 12.6. The lowest BCUT2D eigenvalue weighted by Crippen LogP contribution is -2.56. The fourth-order valence-corrected chi connectivity index (χ4v) is 8.66. The van der Waals surface area contributed by atoms with E-state index in [1.54, 1.807) is 25.3 Å². The maximum Gasteiger partial charge on any atom is 0.251 e. The first-order valence-electron chi connectivity index (χ1n) is 22.9. The van der Waals surface area contributed by atoms with E-state index >= 15 is 0 Å². The average molecular weight is 897 g/mol. The highest BCUT2D eigenvalue weighted by atomic mass is 16.7. The summed E-state index contributed by atoms with van der Waals surface area (Å²) < 4.78 is 24.6. The molecule has 1 unspecified atom stereocenters. The molecule has 0 radical (unpaired) electrons. The topological polar surface area (TPSA) is 211 Å². The number of nitrogens with one attached hydrogen (secondary N) is 1. The lowest BCUT2D eigenvalue weighted by atomic mass is 9.73. The molecular weight excluding hydrogens is 817 g/mol. The molecule has 1 spiro atoms. The lowest BCUT2D eigenvalue weighted by molar-refractivity contribution is -0.331. The number of amides is 1. The van der Waals surface area contributed by atoms with Gasteiger partial charge < -0.3 is 54.4 Å². The van der Waals surface area contributed by atoms with E-state index in [1.807, 2.05) is 91.0 Å². The van der Waals surface area contributed by atoms with E-state index in [4.69, 9.17) is 23.9 Å². The summed E-state index contributed by atoms with van der Waals surface area (Å²) in [5, 5.41) is 66.6. The van der Waals surface area contributed by atoms with Crippen LogP contribution in [-0.4, -0.2) is 130 Å². The number of methoxy groups -OCH3 is 1. The monoisotopic (exact) mass is 897 g/mol. The first-order valence-corrected chi connectivity index (χ1v) is 22.9. The van der Waals surface area contributed by atoms with Gasteiger partial charge in [0.25, 0.3) is 5.91 Å². The van der Waals surface area contributed by atoms with Crippen molar-refractivity contribution in [3.8, 4) is 6.07 Å². The summed E-state index contributed by atoms with van der Waals surface area (Å²) in [4.78, 5) is 18.9. The summed E-state index contributed by atoms with van der Waals surface area (Å²) in [6.45, 7) is 20.3. The van der Waals surface area contributed by atoms with Gasteiger partial charge in [-0.05, 0) is 83.7 Å². The van der Waals surface area contributed by atoms with Crippen LogP contribution in [0.3, 0.4) is 0 Å². The SMILES string of the molecule is COC[C@H]([C@@H](O)[C@@H](O)C(=O)NCC[C@@H](C)c1nc(/C=C/C[C@H]2OC3(C[C@H](O)[C@H]2C)O[C@@H]([C@H](C)C[C@@H](O)[C@@H](C)[C@@H](O)[C@@H](C)/C=C(C)/C(C)=C/C=C/C(C)=C\C#N)CC3(C)C)co1)N(C)C. The van der Waals surface area contributed by atoms with Gasteiger partial charge in [-0.1, -0.05) is 84.4 Å². The van der Waals surface area contributed by atoms with Gasteiger partial charge in [-0.15, -0.1) is 0 Å². The van der Waals surface area contributed by atoms with Crippen LogP contribution >= 0.6 is 0 Å². The number of aliphatic hydroxyl groups excluding tert-OH is 5. The second-order valence-electron chi connectivity index (χ2n) is 19.5. The largest absolute Gasteiger partial charge is 0.448 e. The van der Waals surface area contributed by atoms with Crippen LogP contribution in [0.4, 0.5) is 0 Å². The first-order chi connectivity index (χ1) is 30.0. The minimum absolute atomic E-state index is 0.0497. The Balaban J connectivity index is 1.57. The van der Waals surface area contributed by atoms with E-state index < -0.39 is 59.6 Å². The molecule has 360 valence electrons. The first kappa shape index (κ1) is 54.8. The van der Waals surface area contributed by atoms with E-state index in [0.717, 1.165) is 16.7 Å². The molecule has 0 saturated carbocycles. The Kier molecular flexibility index (Phi) is 21.3. The molecular formula is C50H80N4O10. The third-order valence-corrected chi connectivity index (χ3v) is 13.6. The van der Waals surface area contributed by atoms with Crippen molar-refractivity contribution in [2.24, 2.45) is 29.1 Å². The lowest BCUT2D eigenvalue weighted by Gasteiger charge is -2.49. The van der Waals surface area contributed by atoms with Crippen LogP contribution in [0.1, 0.15) is 119 Å². The standard InChI is InChI=1S/C50H80N4O10/c1-30(20-22-51)16-14-17-31(2)33(4)24-35(6)44(57)37(8)40(55)25-34(5)43-27-49(9,10)50(64-43)26-41(56)36(7)42(63-50)19-15-18-38-28-62-48(53-38)32(3)21-23-52-47(60)46(59)45(58)39(29-61-13)54(11)12/h14-18,20,24,28,32,34-37,39-46,55-59H,19,21,23,25-27,29H2,1-13H3,(H,52,60)/b16-14+,18-15+,30-20-,31-17+,33-24+/t32-,34-,35+,36-,37-,39-,40-,41+,42-,43-,44+,45-,46-,50?/m1/s1. The number of aliphatic hydroxyl groups is 5. The summed E-state index contributed by atoms with van der Waals surface area (Å²) in [5.41, 5.74) is 3.13. The molecule has 2 saturated heterocycles. The summed E-state index contributed by atoms with van der Waals surface area (Å²) in [6, 6.07) is 1.47. The van der Waals surface area contributed by atoms with Gasteiger partial charge >= 0.3 is 0 Å². The molecule has 2 fully saturated rings. The highest BCUT2D eigenvalue weighted by molar-refractivity contribution is 5.81. The second-order valence-corrected chi connectivity index (χ2v) is 19.5. The van der Waals surface area contributed by atoms with Crippen LogP contribution in [0.15, 0.2) is 63.9 Å². The molecule has 14 nitrogen and oxygen atoms in total. The van der Waals surface area contributed by atoms with Crippen molar-refractivity contribution in [1.82, 2.24) is 15.2 Å². The number of nitrogens with zero attached hydrogens (tertiary/aromatic N) is 3. The number of oxazole rings is 1. The van der Waals surface area contributed by atoms with E-state index in [2.05, 4.69) is 31.1 Å². The van der Waals surface area contributed by atoms with Gasteiger partial charge in [0.15, 0.2) is 17.8 Å². The summed E-state index contributed by atoms with van der Waals surface area (Å²) >= 11 is 0. The highest BCUT2D eigenvalue weighted by Crippen LogP contribution is 2.55. The fraction of sp³-hybridized carbons (Fsp3) is 0.700. The van der Waals surface area contributed by atoms with Crippen molar-refractivity contribution < 1.29 is 49.0 Å². The van der Waals surface area contributed by atoms with Gasteiger partial charge in [0.05, 0.1) is 49.2 Å². The summed E-state index contributed by atoms with van der Waals surface area (Å²) in [5.74, 6) is -2.12. The van der Waals surface area contributed by atoms with E-state index in [0.29, 0.717) is 43.7 Å². The second kappa shape index (κ2) is 24.9. The molecule has 1 aromatic rings. The molecule has 1 amide bonds. The quantitative estimate of drug-likeness (QED) is 0.0533. The number of carbonyl (C=O) groups excluding carboxylic acids is 1. The van der Waals surface area contributed by atoms with E-state index in [-0.39, 0.29) is 49.0 Å². The van der Waals surface area contributed by atoms with Crippen LogP contribution in [0.5, 0.6) is 0 Å². The van der Waals surface area contributed by atoms with Crippen LogP contribution in [0.25, 0.3) is 6.08 Å². The molecule has 0 aromatic carbocycles. The van der Waals surface area contributed by atoms with Crippen molar-refractivity contribution in [2.45, 2.75) is 162 Å².